The van der Waals surface area contributed by atoms with E-state index in [1.54, 1.807) is 18.3 Å². The Morgan fingerprint density at radius 1 is 1.43 bits per heavy atom. The average Bonchev–Trinajstić information content (AvgIpc) is 3.01. The molecule has 0 bridgehead atoms. The van der Waals surface area contributed by atoms with E-state index in [0.29, 0.717) is 17.3 Å². The van der Waals surface area contributed by atoms with E-state index in [4.69, 9.17) is 11.6 Å². The van der Waals surface area contributed by atoms with E-state index in [-0.39, 0.29) is 16.7 Å². The van der Waals surface area contributed by atoms with Crippen LogP contribution in [-0.4, -0.2) is 27.8 Å². The van der Waals surface area contributed by atoms with E-state index in [2.05, 4.69) is 5.10 Å². The number of anilines is 1. The summed E-state index contributed by atoms with van der Waals surface area (Å²) >= 11 is 5.87. The van der Waals surface area contributed by atoms with Crippen molar-refractivity contribution < 1.29 is 4.92 Å². The molecular formula is C14H15ClN4O2. The SMILES string of the molecule is O=[N+]([O-])c1cc(Cl)ccc1N1CCCC(n2cccn2)C1. The Balaban J connectivity index is 1.88. The van der Waals surface area contributed by atoms with Gasteiger partial charge in [-0.2, -0.15) is 5.10 Å². The maximum Gasteiger partial charge on any atom is 0.294 e. The number of aromatic nitrogens is 2. The number of nitrogens with zero attached hydrogens (tertiary/aromatic N) is 4. The predicted molar refractivity (Wildman–Crippen MR) is 80.8 cm³/mol. The first-order chi connectivity index (χ1) is 10.1. The molecule has 1 aromatic heterocycles. The molecule has 1 saturated heterocycles. The van der Waals surface area contributed by atoms with Gasteiger partial charge in [-0.15, -0.1) is 0 Å². The fraction of sp³-hybridized carbons (Fsp3) is 0.357. The van der Waals surface area contributed by atoms with Crippen molar-refractivity contribution in [3.63, 3.8) is 0 Å². The van der Waals surface area contributed by atoms with Crippen LogP contribution in [0.4, 0.5) is 11.4 Å². The van der Waals surface area contributed by atoms with Crippen molar-refractivity contribution in [3.05, 3.63) is 51.8 Å². The minimum absolute atomic E-state index is 0.0589. The Hall–Kier alpha value is -2.08. The maximum absolute atomic E-state index is 11.2. The normalized spacial score (nSPS) is 18.7. The fourth-order valence-corrected chi connectivity index (χ4v) is 2.96. The summed E-state index contributed by atoms with van der Waals surface area (Å²) in [5, 5.41) is 15.9. The highest BCUT2D eigenvalue weighted by Gasteiger charge is 2.26. The average molecular weight is 307 g/mol. The minimum atomic E-state index is -0.376. The summed E-state index contributed by atoms with van der Waals surface area (Å²) in [5.41, 5.74) is 0.685. The Labute approximate surface area is 127 Å². The van der Waals surface area contributed by atoms with Crippen molar-refractivity contribution in [3.8, 4) is 0 Å². The molecule has 6 nitrogen and oxygen atoms in total. The second kappa shape index (κ2) is 5.73. The van der Waals surface area contributed by atoms with Gasteiger partial charge in [0.1, 0.15) is 5.69 Å². The van der Waals surface area contributed by atoms with Crippen LogP contribution < -0.4 is 4.90 Å². The van der Waals surface area contributed by atoms with E-state index in [1.165, 1.54) is 6.07 Å². The van der Waals surface area contributed by atoms with E-state index >= 15 is 0 Å². The minimum Gasteiger partial charge on any atom is -0.364 e. The number of rotatable bonds is 3. The number of piperidine rings is 1. The number of benzene rings is 1. The summed E-state index contributed by atoms with van der Waals surface area (Å²) in [6.07, 6.45) is 5.69. The summed E-state index contributed by atoms with van der Waals surface area (Å²) < 4.78 is 1.92. The molecule has 2 aromatic rings. The lowest BCUT2D eigenvalue weighted by molar-refractivity contribution is -0.384. The van der Waals surface area contributed by atoms with Gasteiger partial charge < -0.3 is 4.90 Å². The quantitative estimate of drug-likeness (QED) is 0.645. The van der Waals surface area contributed by atoms with Gasteiger partial charge in [0.15, 0.2) is 0 Å². The zero-order valence-corrected chi connectivity index (χ0v) is 12.1. The van der Waals surface area contributed by atoms with E-state index in [0.717, 1.165) is 19.4 Å². The molecule has 2 heterocycles. The molecule has 7 heteroatoms. The van der Waals surface area contributed by atoms with Crippen LogP contribution in [0.3, 0.4) is 0 Å². The van der Waals surface area contributed by atoms with E-state index < -0.39 is 0 Å². The molecule has 1 fully saturated rings. The van der Waals surface area contributed by atoms with Crippen LogP contribution in [0.25, 0.3) is 0 Å². The van der Waals surface area contributed by atoms with Crippen molar-refractivity contribution in [1.29, 1.82) is 0 Å². The van der Waals surface area contributed by atoms with Crippen LogP contribution in [0.2, 0.25) is 5.02 Å². The summed E-state index contributed by atoms with van der Waals surface area (Å²) in [4.78, 5) is 12.9. The molecular weight excluding hydrogens is 292 g/mol. The standard InChI is InChI=1S/C14H15ClN4O2/c15-11-4-5-13(14(9-11)19(20)21)17-7-1-3-12(10-17)18-8-2-6-16-18/h2,4-6,8-9,12H,1,3,7,10H2. The van der Waals surface area contributed by atoms with Gasteiger partial charge in [-0.3, -0.25) is 14.8 Å². The van der Waals surface area contributed by atoms with Crippen LogP contribution in [-0.2, 0) is 0 Å². The van der Waals surface area contributed by atoms with Crippen LogP contribution in [0, 0.1) is 10.1 Å². The lowest BCUT2D eigenvalue weighted by atomic mass is 10.0. The van der Waals surface area contributed by atoms with E-state index in [1.807, 2.05) is 21.8 Å². The number of nitro groups is 1. The predicted octanol–water partition coefficient (Wildman–Crippen LogP) is 3.29. The molecule has 0 saturated carbocycles. The van der Waals surface area contributed by atoms with E-state index in [9.17, 15) is 10.1 Å². The second-order valence-corrected chi connectivity index (χ2v) is 5.55. The highest BCUT2D eigenvalue weighted by molar-refractivity contribution is 6.30. The van der Waals surface area contributed by atoms with Gasteiger partial charge in [0.05, 0.1) is 11.0 Å². The molecule has 1 unspecified atom stereocenters. The number of nitro benzene ring substituents is 1. The first kappa shape index (κ1) is 13.9. The Bertz CT molecular complexity index is 644. The molecule has 1 atom stereocenters. The summed E-state index contributed by atoms with van der Waals surface area (Å²) in [5.74, 6) is 0. The van der Waals surface area contributed by atoms with Gasteiger partial charge >= 0.3 is 0 Å². The van der Waals surface area contributed by atoms with Crippen molar-refractivity contribution in [2.45, 2.75) is 18.9 Å². The van der Waals surface area contributed by atoms with Gasteiger partial charge in [0.25, 0.3) is 5.69 Å². The zero-order chi connectivity index (χ0) is 14.8. The number of hydrogen-bond donors (Lipinski definition) is 0. The highest BCUT2D eigenvalue weighted by atomic mass is 35.5. The smallest absolute Gasteiger partial charge is 0.294 e. The van der Waals surface area contributed by atoms with Crippen LogP contribution in [0.15, 0.2) is 36.7 Å². The molecule has 1 aliphatic rings. The lowest BCUT2D eigenvalue weighted by Crippen LogP contribution is -2.37. The van der Waals surface area contributed by atoms with Crippen molar-refractivity contribution in [2.24, 2.45) is 0 Å². The fourth-order valence-electron chi connectivity index (χ4n) is 2.80. The van der Waals surface area contributed by atoms with Crippen LogP contribution in [0.5, 0.6) is 0 Å². The maximum atomic E-state index is 11.2. The molecule has 3 rings (SSSR count). The Morgan fingerprint density at radius 2 is 2.29 bits per heavy atom. The lowest BCUT2D eigenvalue weighted by Gasteiger charge is -2.34. The largest absolute Gasteiger partial charge is 0.364 e. The molecule has 0 N–H and O–H groups in total. The van der Waals surface area contributed by atoms with Crippen molar-refractivity contribution in [1.82, 2.24) is 9.78 Å². The summed E-state index contributed by atoms with van der Waals surface area (Å²) in [6.45, 7) is 1.52. The third-order valence-electron chi connectivity index (χ3n) is 3.77. The Kier molecular flexibility index (Phi) is 3.79. The monoisotopic (exact) mass is 306 g/mol. The van der Waals surface area contributed by atoms with Crippen LogP contribution in [0.1, 0.15) is 18.9 Å². The first-order valence-electron chi connectivity index (χ1n) is 6.83. The van der Waals surface area contributed by atoms with Gasteiger partial charge in [0.2, 0.25) is 0 Å². The third-order valence-corrected chi connectivity index (χ3v) is 4.01. The Morgan fingerprint density at radius 3 is 3.00 bits per heavy atom. The summed E-state index contributed by atoms with van der Waals surface area (Å²) in [7, 11) is 0. The number of halogens is 1. The molecule has 110 valence electrons. The molecule has 0 aliphatic carbocycles. The summed E-state index contributed by atoms with van der Waals surface area (Å²) in [6, 6.07) is 6.97. The first-order valence-corrected chi connectivity index (χ1v) is 7.21. The van der Waals surface area contributed by atoms with Crippen molar-refractivity contribution in [2.75, 3.05) is 18.0 Å². The third kappa shape index (κ3) is 2.85. The molecule has 0 radical (unpaired) electrons. The zero-order valence-electron chi connectivity index (χ0n) is 11.4. The van der Waals surface area contributed by atoms with Gasteiger partial charge in [0, 0.05) is 36.6 Å². The van der Waals surface area contributed by atoms with Crippen LogP contribution >= 0.6 is 11.6 Å². The molecule has 0 amide bonds. The topological polar surface area (TPSA) is 64.2 Å². The van der Waals surface area contributed by atoms with Gasteiger partial charge in [-0.05, 0) is 31.0 Å². The van der Waals surface area contributed by atoms with Gasteiger partial charge in [-0.25, -0.2) is 0 Å². The van der Waals surface area contributed by atoms with Crippen molar-refractivity contribution >= 4 is 23.0 Å². The second-order valence-electron chi connectivity index (χ2n) is 5.12. The highest BCUT2D eigenvalue weighted by Crippen LogP contribution is 2.34. The molecule has 21 heavy (non-hydrogen) atoms. The van der Waals surface area contributed by atoms with Gasteiger partial charge in [-0.1, -0.05) is 11.6 Å². The number of hydrogen-bond acceptors (Lipinski definition) is 4. The molecule has 1 aromatic carbocycles. The molecule has 0 spiro atoms. The molecule has 1 aliphatic heterocycles.